The number of carbonyl (C=O) groups is 1. The van der Waals surface area contributed by atoms with E-state index in [9.17, 15) is 18.0 Å². The molecule has 0 atom stereocenters. The van der Waals surface area contributed by atoms with E-state index in [1.54, 1.807) is 20.8 Å². The molecule has 4 nitrogen and oxygen atoms in total. The summed E-state index contributed by atoms with van der Waals surface area (Å²) in [4.78, 5) is 15.2. The molecule has 1 aromatic heterocycles. The molecule has 1 heterocycles. The molecular weight excluding hydrogens is 285 g/mol. The Labute approximate surface area is 119 Å². The molecular formula is C14H15F3N2O2. The number of nitrogens with zero attached hydrogens (tertiary/aromatic N) is 2. The molecule has 0 saturated carbocycles. The van der Waals surface area contributed by atoms with E-state index >= 15 is 0 Å². The summed E-state index contributed by atoms with van der Waals surface area (Å²) in [5.41, 5.74) is -0.120. The van der Waals surface area contributed by atoms with Gasteiger partial charge in [0.05, 0.1) is 16.6 Å². The quantitative estimate of drug-likeness (QED) is 0.922. The van der Waals surface area contributed by atoms with E-state index in [-0.39, 0.29) is 16.9 Å². The first kappa shape index (κ1) is 15.3. The Balaban J connectivity index is 2.73. The summed E-state index contributed by atoms with van der Waals surface area (Å²) in [5, 5.41) is 8.98. The highest BCUT2D eigenvalue weighted by Gasteiger charge is 2.33. The van der Waals surface area contributed by atoms with Crippen molar-refractivity contribution in [2.45, 2.75) is 38.9 Å². The molecule has 1 N–H and O–H groups in total. The Bertz CT molecular complexity index is 697. The maximum atomic E-state index is 12.8. The predicted octanol–water partition coefficient (Wildman–Crippen LogP) is 3.59. The van der Waals surface area contributed by atoms with Gasteiger partial charge >= 0.3 is 12.1 Å². The van der Waals surface area contributed by atoms with E-state index in [2.05, 4.69) is 4.98 Å². The Morgan fingerprint density at radius 3 is 2.38 bits per heavy atom. The number of hydrogen-bond acceptors (Lipinski definition) is 2. The number of benzene rings is 1. The zero-order chi connectivity index (χ0) is 16.0. The van der Waals surface area contributed by atoms with Crippen LogP contribution >= 0.6 is 0 Å². The molecule has 0 radical (unpaired) electrons. The van der Waals surface area contributed by atoms with Gasteiger partial charge in [0.25, 0.3) is 0 Å². The molecule has 0 aliphatic rings. The second kappa shape index (κ2) is 4.75. The van der Waals surface area contributed by atoms with E-state index in [1.165, 1.54) is 18.2 Å². The van der Waals surface area contributed by atoms with Gasteiger partial charge in [-0.3, -0.25) is 0 Å². The molecule has 0 unspecified atom stereocenters. The average molecular weight is 300 g/mol. The van der Waals surface area contributed by atoms with Crippen molar-refractivity contribution in [3.8, 4) is 0 Å². The summed E-state index contributed by atoms with van der Waals surface area (Å²) in [6.45, 7) is 4.09. The average Bonchev–Trinajstić information content (AvgIpc) is 2.65. The monoisotopic (exact) mass is 300 g/mol. The number of aromatic carboxylic acids is 1. The van der Waals surface area contributed by atoms with Gasteiger partial charge in [0.1, 0.15) is 12.4 Å². The Hall–Kier alpha value is -2.05. The summed E-state index contributed by atoms with van der Waals surface area (Å²) in [6.07, 6.45) is -4.41. The minimum Gasteiger partial charge on any atom is -0.478 e. The molecule has 0 aliphatic heterocycles. The Kier molecular flexibility index (Phi) is 3.47. The van der Waals surface area contributed by atoms with Crippen molar-refractivity contribution in [1.29, 1.82) is 0 Å². The minimum absolute atomic E-state index is 0.0636. The predicted molar refractivity (Wildman–Crippen MR) is 71.4 cm³/mol. The van der Waals surface area contributed by atoms with E-state index in [1.807, 2.05) is 0 Å². The van der Waals surface area contributed by atoms with Crippen LogP contribution in [0.15, 0.2) is 18.2 Å². The fraction of sp³-hybridized carbons (Fsp3) is 0.429. The van der Waals surface area contributed by atoms with Crippen LogP contribution in [0.3, 0.4) is 0 Å². The van der Waals surface area contributed by atoms with Gasteiger partial charge in [0, 0.05) is 5.41 Å². The second-order valence-electron chi connectivity index (χ2n) is 5.90. The summed E-state index contributed by atoms with van der Waals surface area (Å²) in [7, 11) is 0. The summed E-state index contributed by atoms with van der Waals surface area (Å²) in [6, 6.07) is 3.99. The number of fused-ring (bicyclic) bond motifs is 1. The summed E-state index contributed by atoms with van der Waals surface area (Å²) in [5.74, 6) is -0.911. The molecule has 0 saturated heterocycles. The summed E-state index contributed by atoms with van der Waals surface area (Å²) < 4.78 is 39.5. The minimum atomic E-state index is -4.41. The van der Waals surface area contributed by atoms with Crippen molar-refractivity contribution in [2.75, 3.05) is 0 Å². The van der Waals surface area contributed by atoms with Gasteiger partial charge in [-0.15, -0.1) is 0 Å². The van der Waals surface area contributed by atoms with Crippen LogP contribution in [0.5, 0.6) is 0 Å². The van der Waals surface area contributed by atoms with Gasteiger partial charge < -0.3 is 9.67 Å². The highest BCUT2D eigenvalue weighted by molar-refractivity contribution is 5.92. The van der Waals surface area contributed by atoms with Gasteiger partial charge in [0.15, 0.2) is 0 Å². The zero-order valence-electron chi connectivity index (χ0n) is 11.8. The fourth-order valence-corrected chi connectivity index (χ4v) is 2.17. The lowest BCUT2D eigenvalue weighted by atomic mass is 9.95. The van der Waals surface area contributed by atoms with Crippen molar-refractivity contribution in [2.24, 2.45) is 0 Å². The van der Waals surface area contributed by atoms with Crippen LogP contribution in [0.2, 0.25) is 0 Å². The first-order valence-corrected chi connectivity index (χ1v) is 6.30. The van der Waals surface area contributed by atoms with Gasteiger partial charge in [-0.25, -0.2) is 9.78 Å². The van der Waals surface area contributed by atoms with Gasteiger partial charge in [0.2, 0.25) is 0 Å². The molecule has 0 bridgehead atoms. The molecule has 114 valence electrons. The topological polar surface area (TPSA) is 55.1 Å². The maximum absolute atomic E-state index is 12.8. The molecule has 21 heavy (non-hydrogen) atoms. The van der Waals surface area contributed by atoms with Crippen LogP contribution in [-0.4, -0.2) is 26.8 Å². The first-order valence-electron chi connectivity index (χ1n) is 6.30. The van der Waals surface area contributed by atoms with Crippen LogP contribution in [0.1, 0.15) is 37.0 Å². The van der Waals surface area contributed by atoms with Crippen LogP contribution < -0.4 is 0 Å². The molecule has 7 heteroatoms. The molecule has 2 aromatic rings. The number of aromatic nitrogens is 2. The van der Waals surface area contributed by atoms with Crippen molar-refractivity contribution >= 4 is 17.0 Å². The van der Waals surface area contributed by atoms with Gasteiger partial charge in [-0.2, -0.15) is 13.2 Å². The molecule has 1 aromatic carbocycles. The number of halogens is 3. The van der Waals surface area contributed by atoms with Crippen molar-refractivity contribution < 1.29 is 23.1 Å². The number of carboxylic acid groups (broad SMARTS) is 1. The number of alkyl halides is 3. The third-order valence-electron chi connectivity index (χ3n) is 3.00. The van der Waals surface area contributed by atoms with E-state index < -0.39 is 24.1 Å². The highest BCUT2D eigenvalue weighted by atomic mass is 19.4. The highest BCUT2D eigenvalue weighted by Crippen LogP contribution is 2.30. The van der Waals surface area contributed by atoms with Crippen LogP contribution in [-0.2, 0) is 12.0 Å². The number of carboxylic acids is 1. The lowest BCUT2D eigenvalue weighted by Crippen LogP contribution is -2.25. The lowest BCUT2D eigenvalue weighted by molar-refractivity contribution is -0.140. The van der Waals surface area contributed by atoms with Crippen LogP contribution in [0.4, 0.5) is 13.2 Å². The third-order valence-corrected chi connectivity index (χ3v) is 3.00. The second-order valence-corrected chi connectivity index (χ2v) is 5.90. The lowest BCUT2D eigenvalue weighted by Gasteiger charge is -2.21. The van der Waals surface area contributed by atoms with Crippen LogP contribution in [0.25, 0.3) is 11.0 Å². The molecule has 0 amide bonds. The SMILES string of the molecule is CC(C)(C)c1nc2ccc(C(=O)O)cc2n1CC(F)(F)F. The van der Waals surface area contributed by atoms with Crippen LogP contribution in [0, 0.1) is 0 Å². The fourth-order valence-electron chi connectivity index (χ4n) is 2.17. The standard InChI is InChI=1S/C14H15F3N2O2/c1-13(2,3)12-18-9-5-4-8(11(20)21)6-10(9)19(12)7-14(15,16)17/h4-6H,7H2,1-3H3,(H,20,21). The normalized spacial score (nSPS) is 12.9. The molecule has 0 fully saturated rings. The van der Waals surface area contributed by atoms with Crippen molar-refractivity contribution in [3.63, 3.8) is 0 Å². The van der Waals surface area contributed by atoms with E-state index in [4.69, 9.17) is 5.11 Å². The zero-order valence-corrected chi connectivity index (χ0v) is 11.8. The molecule has 2 rings (SSSR count). The smallest absolute Gasteiger partial charge is 0.406 e. The third kappa shape index (κ3) is 3.17. The van der Waals surface area contributed by atoms with Gasteiger partial charge in [-0.05, 0) is 18.2 Å². The Morgan fingerprint density at radius 2 is 1.90 bits per heavy atom. The first-order chi connectivity index (χ1) is 9.49. The van der Waals surface area contributed by atoms with E-state index in [0.717, 1.165) is 4.57 Å². The number of hydrogen-bond donors (Lipinski definition) is 1. The van der Waals surface area contributed by atoms with Crippen molar-refractivity contribution in [3.05, 3.63) is 29.6 Å². The molecule has 0 spiro atoms. The number of rotatable bonds is 2. The van der Waals surface area contributed by atoms with E-state index in [0.29, 0.717) is 5.52 Å². The van der Waals surface area contributed by atoms with Crippen molar-refractivity contribution in [1.82, 2.24) is 9.55 Å². The number of imidazole rings is 1. The maximum Gasteiger partial charge on any atom is 0.406 e. The largest absolute Gasteiger partial charge is 0.478 e. The molecule has 0 aliphatic carbocycles. The Morgan fingerprint density at radius 1 is 1.29 bits per heavy atom. The summed E-state index contributed by atoms with van der Waals surface area (Å²) >= 11 is 0. The van der Waals surface area contributed by atoms with Gasteiger partial charge in [-0.1, -0.05) is 20.8 Å².